The topological polar surface area (TPSA) is 101 Å². The van der Waals surface area contributed by atoms with Crippen molar-refractivity contribution in [3.8, 4) is 0 Å². The van der Waals surface area contributed by atoms with E-state index in [4.69, 9.17) is 5.11 Å². The number of rotatable bonds is 6. The van der Waals surface area contributed by atoms with Crippen molar-refractivity contribution in [1.29, 1.82) is 0 Å². The van der Waals surface area contributed by atoms with Crippen LogP contribution in [0.5, 0.6) is 0 Å². The first-order valence-electron chi connectivity index (χ1n) is 6.94. The molecule has 0 spiro atoms. The Kier molecular flexibility index (Phi) is 5.71. The molecule has 0 fully saturated rings. The largest absolute Gasteiger partial charge is 0.480 e. The standard InChI is InChI=1S/C15H21NO5S/c1-5-10-6-7-11(8-12(10)22(4,20)21)14(17)16-13(9(2)3)15(18)19/h6-9,13H,5H2,1-4H3,(H,16,17)(H,18,19)/t13-/m0/s1. The molecule has 0 saturated heterocycles. The summed E-state index contributed by atoms with van der Waals surface area (Å²) in [6.07, 6.45) is 1.60. The Morgan fingerprint density at radius 2 is 1.86 bits per heavy atom. The number of nitrogens with one attached hydrogen (secondary N) is 1. The number of aliphatic carboxylic acids is 1. The zero-order valence-corrected chi connectivity index (χ0v) is 13.9. The van der Waals surface area contributed by atoms with Gasteiger partial charge in [0.2, 0.25) is 0 Å². The quantitative estimate of drug-likeness (QED) is 0.824. The van der Waals surface area contributed by atoms with Crippen molar-refractivity contribution in [2.75, 3.05) is 6.26 Å². The molecule has 0 aromatic heterocycles. The number of aryl methyl sites for hydroxylation is 1. The van der Waals surface area contributed by atoms with E-state index in [1.54, 1.807) is 19.9 Å². The first-order chi connectivity index (χ1) is 10.1. The molecule has 1 rings (SSSR count). The summed E-state index contributed by atoms with van der Waals surface area (Å²) in [5.74, 6) is -2.02. The van der Waals surface area contributed by atoms with Gasteiger partial charge in [0.25, 0.3) is 5.91 Å². The van der Waals surface area contributed by atoms with Gasteiger partial charge in [-0.15, -0.1) is 0 Å². The molecule has 0 heterocycles. The summed E-state index contributed by atoms with van der Waals surface area (Å²) in [4.78, 5) is 23.4. The Bertz CT molecular complexity index is 679. The van der Waals surface area contributed by atoms with Crippen LogP contribution in [0.25, 0.3) is 0 Å². The fourth-order valence-corrected chi connectivity index (χ4v) is 3.10. The molecule has 0 aliphatic heterocycles. The predicted octanol–water partition coefficient (Wildman–Crippen LogP) is 1.49. The minimum Gasteiger partial charge on any atom is -0.480 e. The fraction of sp³-hybridized carbons (Fsp3) is 0.467. The van der Waals surface area contributed by atoms with E-state index in [1.165, 1.54) is 12.1 Å². The van der Waals surface area contributed by atoms with Crippen LogP contribution in [0.15, 0.2) is 23.1 Å². The second-order valence-corrected chi connectivity index (χ2v) is 7.47. The zero-order chi connectivity index (χ0) is 17.1. The van der Waals surface area contributed by atoms with Gasteiger partial charge in [-0.05, 0) is 30.0 Å². The van der Waals surface area contributed by atoms with E-state index in [2.05, 4.69) is 5.32 Å². The third-order valence-electron chi connectivity index (χ3n) is 3.33. The molecule has 0 aliphatic rings. The molecule has 0 unspecified atom stereocenters. The summed E-state index contributed by atoms with van der Waals surface area (Å²) >= 11 is 0. The molecular weight excluding hydrogens is 306 g/mol. The Hall–Kier alpha value is -1.89. The normalized spacial score (nSPS) is 13.0. The van der Waals surface area contributed by atoms with Gasteiger partial charge in [0.15, 0.2) is 9.84 Å². The number of carboxylic acid groups (broad SMARTS) is 1. The van der Waals surface area contributed by atoms with Crippen LogP contribution in [0, 0.1) is 5.92 Å². The van der Waals surface area contributed by atoms with Gasteiger partial charge in [-0.3, -0.25) is 4.79 Å². The second-order valence-electron chi connectivity index (χ2n) is 5.48. The summed E-state index contributed by atoms with van der Waals surface area (Å²) in [5.41, 5.74) is 0.752. The maximum absolute atomic E-state index is 12.2. The highest BCUT2D eigenvalue weighted by Gasteiger charge is 2.24. The predicted molar refractivity (Wildman–Crippen MR) is 82.7 cm³/mol. The monoisotopic (exact) mass is 327 g/mol. The molecule has 6 nitrogen and oxygen atoms in total. The molecule has 0 aliphatic carbocycles. The molecule has 1 aromatic rings. The molecule has 122 valence electrons. The van der Waals surface area contributed by atoms with E-state index in [9.17, 15) is 18.0 Å². The van der Waals surface area contributed by atoms with Crippen molar-refractivity contribution in [2.45, 2.75) is 38.1 Å². The molecule has 22 heavy (non-hydrogen) atoms. The fourth-order valence-electron chi connectivity index (χ4n) is 2.07. The van der Waals surface area contributed by atoms with Gasteiger partial charge < -0.3 is 10.4 Å². The van der Waals surface area contributed by atoms with Gasteiger partial charge in [-0.2, -0.15) is 0 Å². The number of carbonyl (C=O) groups is 2. The Morgan fingerprint density at radius 3 is 2.27 bits per heavy atom. The summed E-state index contributed by atoms with van der Waals surface area (Å²) < 4.78 is 23.6. The van der Waals surface area contributed by atoms with Crippen LogP contribution in [0.4, 0.5) is 0 Å². The maximum atomic E-state index is 12.2. The highest BCUT2D eigenvalue weighted by Crippen LogP contribution is 2.19. The van der Waals surface area contributed by atoms with E-state index < -0.39 is 27.8 Å². The maximum Gasteiger partial charge on any atom is 0.326 e. The lowest BCUT2D eigenvalue weighted by Gasteiger charge is -2.18. The molecule has 2 N–H and O–H groups in total. The summed E-state index contributed by atoms with van der Waals surface area (Å²) in [6.45, 7) is 5.19. The third-order valence-corrected chi connectivity index (χ3v) is 4.51. The van der Waals surface area contributed by atoms with Crippen molar-refractivity contribution < 1.29 is 23.1 Å². The summed E-state index contributed by atoms with van der Waals surface area (Å²) in [6, 6.07) is 3.35. The van der Waals surface area contributed by atoms with Gasteiger partial charge in [-0.1, -0.05) is 26.8 Å². The van der Waals surface area contributed by atoms with Crippen LogP contribution >= 0.6 is 0 Å². The average Bonchev–Trinajstić information content (AvgIpc) is 2.42. The molecular formula is C15H21NO5S. The number of carboxylic acids is 1. The van der Waals surface area contributed by atoms with Crippen LogP contribution in [0.3, 0.4) is 0 Å². The van der Waals surface area contributed by atoms with Gasteiger partial charge >= 0.3 is 5.97 Å². The minimum atomic E-state index is -3.46. The lowest BCUT2D eigenvalue weighted by Crippen LogP contribution is -2.44. The molecule has 1 aromatic carbocycles. The first-order valence-corrected chi connectivity index (χ1v) is 8.83. The number of carbonyl (C=O) groups excluding carboxylic acids is 1. The van der Waals surface area contributed by atoms with Crippen molar-refractivity contribution in [2.24, 2.45) is 5.92 Å². The van der Waals surface area contributed by atoms with E-state index >= 15 is 0 Å². The molecule has 0 radical (unpaired) electrons. The number of benzene rings is 1. The lowest BCUT2D eigenvalue weighted by molar-refractivity contribution is -0.140. The molecule has 1 amide bonds. The Balaban J connectivity index is 3.17. The first kappa shape index (κ1) is 18.2. The van der Waals surface area contributed by atoms with Crippen LogP contribution in [-0.4, -0.2) is 37.7 Å². The van der Waals surface area contributed by atoms with Crippen LogP contribution in [-0.2, 0) is 21.1 Å². The Labute approximate surface area is 130 Å². The molecule has 1 atom stereocenters. The van der Waals surface area contributed by atoms with Gasteiger partial charge in [-0.25, -0.2) is 13.2 Å². The average molecular weight is 327 g/mol. The van der Waals surface area contributed by atoms with E-state index in [-0.39, 0.29) is 16.4 Å². The van der Waals surface area contributed by atoms with E-state index in [1.807, 2.05) is 6.92 Å². The number of hydrogen-bond donors (Lipinski definition) is 2. The van der Waals surface area contributed by atoms with Crippen molar-refractivity contribution in [3.05, 3.63) is 29.3 Å². The van der Waals surface area contributed by atoms with Crippen LogP contribution in [0.2, 0.25) is 0 Å². The summed E-state index contributed by atoms with van der Waals surface area (Å²) in [5, 5.41) is 11.5. The Morgan fingerprint density at radius 1 is 1.27 bits per heavy atom. The third kappa shape index (κ3) is 4.30. The van der Waals surface area contributed by atoms with Crippen molar-refractivity contribution in [1.82, 2.24) is 5.32 Å². The highest BCUT2D eigenvalue weighted by atomic mass is 32.2. The van der Waals surface area contributed by atoms with Crippen molar-refractivity contribution in [3.63, 3.8) is 0 Å². The highest BCUT2D eigenvalue weighted by molar-refractivity contribution is 7.90. The minimum absolute atomic E-state index is 0.0964. The SMILES string of the molecule is CCc1ccc(C(=O)N[C@H](C(=O)O)C(C)C)cc1S(C)(=O)=O. The van der Waals surface area contributed by atoms with Crippen LogP contribution in [0.1, 0.15) is 36.7 Å². The molecule has 7 heteroatoms. The van der Waals surface area contributed by atoms with E-state index in [0.29, 0.717) is 12.0 Å². The zero-order valence-electron chi connectivity index (χ0n) is 13.1. The number of hydrogen-bond acceptors (Lipinski definition) is 4. The van der Waals surface area contributed by atoms with Gasteiger partial charge in [0, 0.05) is 11.8 Å². The molecule has 0 bridgehead atoms. The van der Waals surface area contributed by atoms with Gasteiger partial charge in [0.1, 0.15) is 6.04 Å². The van der Waals surface area contributed by atoms with E-state index in [0.717, 1.165) is 6.26 Å². The lowest BCUT2D eigenvalue weighted by atomic mass is 10.0. The number of sulfone groups is 1. The van der Waals surface area contributed by atoms with Crippen molar-refractivity contribution >= 4 is 21.7 Å². The summed E-state index contributed by atoms with van der Waals surface area (Å²) in [7, 11) is -3.46. The molecule has 0 saturated carbocycles. The van der Waals surface area contributed by atoms with Crippen LogP contribution < -0.4 is 5.32 Å². The van der Waals surface area contributed by atoms with Gasteiger partial charge in [0.05, 0.1) is 4.90 Å². The number of amides is 1. The smallest absolute Gasteiger partial charge is 0.326 e. The second kappa shape index (κ2) is 6.91.